The second-order valence-electron chi connectivity index (χ2n) is 25.0. The molecule has 26 atom stereocenters. The molecule has 4 saturated heterocycles. The van der Waals surface area contributed by atoms with Gasteiger partial charge < -0.3 is 99.2 Å². The molecule has 0 amide bonds. The van der Waals surface area contributed by atoms with Crippen LogP contribution in [0, 0.1) is 50.2 Å². The maximum Gasteiger partial charge on any atom is 0.312 e. The fourth-order valence-corrected chi connectivity index (χ4v) is 15.9. The van der Waals surface area contributed by atoms with E-state index in [4.69, 9.17) is 37.9 Å². The lowest BCUT2D eigenvalue weighted by atomic mass is 9.33. The van der Waals surface area contributed by atoms with Gasteiger partial charge in [-0.15, -0.1) is 0 Å². The molecule has 0 radical (unpaired) electrons. The van der Waals surface area contributed by atoms with E-state index in [0.29, 0.717) is 25.7 Å². The number of ether oxygens (including phenoxy) is 8. The lowest BCUT2D eigenvalue weighted by Crippen LogP contribution is -2.68. The highest BCUT2D eigenvalue weighted by atomic mass is 16.8. The molecule has 4 saturated carbocycles. The number of hydrogen-bond donors (Lipinski definition) is 12. The van der Waals surface area contributed by atoms with Gasteiger partial charge in [-0.1, -0.05) is 60.1 Å². The fourth-order valence-electron chi connectivity index (χ4n) is 15.9. The first-order valence-electron chi connectivity index (χ1n) is 26.1. The molecule has 8 fully saturated rings. The number of rotatable bonds is 10. The van der Waals surface area contributed by atoms with E-state index >= 15 is 0 Å². The van der Waals surface area contributed by atoms with Gasteiger partial charge in [0.05, 0.1) is 38.6 Å². The summed E-state index contributed by atoms with van der Waals surface area (Å²) >= 11 is 0. The Morgan fingerprint density at radius 2 is 1.19 bits per heavy atom. The molecule has 0 aromatic heterocycles. The van der Waals surface area contributed by atoms with Crippen molar-refractivity contribution in [3.63, 3.8) is 0 Å². The van der Waals surface area contributed by atoms with E-state index in [1.165, 1.54) is 5.57 Å². The van der Waals surface area contributed by atoms with Gasteiger partial charge in [0.15, 0.2) is 25.2 Å². The Hall–Kier alpha value is -1.55. The fraction of sp³-hybridized carbons (Fsp3) is 0.941. The molecule has 9 rings (SSSR count). The van der Waals surface area contributed by atoms with Gasteiger partial charge in [0.25, 0.3) is 0 Å². The number of hydrogen-bond acceptors (Lipinski definition) is 20. The average Bonchev–Trinajstić information content (AvgIpc) is 3.31. The summed E-state index contributed by atoms with van der Waals surface area (Å²) in [5.74, 6) is -0.803. The Labute approximate surface area is 420 Å². The molecule has 0 bridgehead atoms. The van der Waals surface area contributed by atoms with Crippen LogP contribution in [0.1, 0.15) is 106 Å². The molecule has 0 spiro atoms. The van der Waals surface area contributed by atoms with E-state index in [1.54, 1.807) is 0 Å². The monoisotopic (exact) mass is 1030 g/mol. The zero-order valence-electron chi connectivity index (χ0n) is 42.5. The van der Waals surface area contributed by atoms with Crippen LogP contribution in [-0.2, 0) is 42.7 Å². The van der Waals surface area contributed by atoms with E-state index in [1.807, 2.05) is 0 Å². The van der Waals surface area contributed by atoms with Crippen LogP contribution < -0.4 is 0 Å². The smallest absolute Gasteiger partial charge is 0.312 e. The van der Waals surface area contributed by atoms with Crippen LogP contribution in [0.25, 0.3) is 0 Å². The average molecular weight is 1030 g/mol. The van der Waals surface area contributed by atoms with Crippen molar-refractivity contribution in [3.8, 4) is 0 Å². The van der Waals surface area contributed by atoms with Gasteiger partial charge in [-0.25, -0.2) is 0 Å². The molecule has 4 heterocycles. The topological polar surface area (TPSA) is 334 Å². The summed E-state index contributed by atoms with van der Waals surface area (Å²) in [6, 6.07) is 0. The second-order valence-corrected chi connectivity index (χ2v) is 25.0. The summed E-state index contributed by atoms with van der Waals surface area (Å²) in [6.45, 7) is 13.8. The van der Waals surface area contributed by atoms with Crippen LogP contribution in [0.2, 0.25) is 0 Å². The third-order valence-corrected chi connectivity index (χ3v) is 20.3. The van der Waals surface area contributed by atoms with Gasteiger partial charge >= 0.3 is 5.97 Å². The van der Waals surface area contributed by atoms with E-state index in [9.17, 15) is 66.1 Å². The third-order valence-electron chi connectivity index (χ3n) is 20.3. The van der Waals surface area contributed by atoms with Gasteiger partial charge in [-0.3, -0.25) is 4.79 Å². The predicted molar refractivity (Wildman–Crippen MR) is 247 cm³/mol. The maximum absolute atomic E-state index is 13.2. The molecule has 412 valence electrons. The molecule has 9 aliphatic rings. The van der Waals surface area contributed by atoms with Crippen molar-refractivity contribution in [2.24, 2.45) is 50.2 Å². The number of aliphatic hydroxyl groups excluding tert-OH is 11. The van der Waals surface area contributed by atoms with Crippen molar-refractivity contribution >= 4 is 5.97 Å². The largest absolute Gasteiger partial charge is 0.481 e. The first-order valence-corrected chi connectivity index (χ1v) is 26.1. The standard InChI is InChI=1S/C51H82O21/c1-46(2)14-15-51(45(63)64)23(16-46)22-8-9-29-48(5)12-11-31(47(3,4)28(48)10-13-49(29,6)50(22,7)17-30(51)56)69-43-39(32(57)24(53)19-66-43)72-44-40(33(58)25(54)20-67-44)71-41-37(62)38(26(55)21-65-41)70-42-36(61)35(60)34(59)27(18-52)68-42/h8,23-44,52-62H,9-21H2,1-7H3,(H,63,64)/t23-,24-,25-,26-,27+,28?,29?,30+,31-,32-,33-,34+,35-,36+,37+,38-,39+,40+,41-,42-,43-,44-,48-,49+,50+,51+/m0/s1. The first-order chi connectivity index (χ1) is 33.7. The Kier molecular flexibility index (Phi) is 15.1. The summed E-state index contributed by atoms with van der Waals surface area (Å²) in [5.41, 5.74) is -1.37. The quantitative estimate of drug-likeness (QED) is 0.0962. The zero-order chi connectivity index (χ0) is 52.4. The highest BCUT2D eigenvalue weighted by Gasteiger charge is 2.71. The van der Waals surface area contributed by atoms with E-state index in [2.05, 4.69) is 54.5 Å². The summed E-state index contributed by atoms with van der Waals surface area (Å²) in [7, 11) is 0. The zero-order valence-corrected chi connectivity index (χ0v) is 42.5. The molecular formula is C51H82O21. The molecule has 72 heavy (non-hydrogen) atoms. The summed E-state index contributed by atoms with van der Waals surface area (Å²) in [5, 5.41) is 130. The number of carboxylic acids is 1. The van der Waals surface area contributed by atoms with Crippen LogP contribution in [0.15, 0.2) is 11.6 Å². The minimum Gasteiger partial charge on any atom is -0.481 e. The van der Waals surface area contributed by atoms with Crippen molar-refractivity contribution < 1.29 is 104 Å². The van der Waals surface area contributed by atoms with E-state index in [-0.39, 0.29) is 40.6 Å². The molecule has 21 heteroatoms. The minimum absolute atomic E-state index is 0.0569. The highest BCUT2D eigenvalue weighted by molar-refractivity contribution is 5.77. The minimum atomic E-state index is -1.89. The highest BCUT2D eigenvalue weighted by Crippen LogP contribution is 2.76. The van der Waals surface area contributed by atoms with Crippen LogP contribution >= 0.6 is 0 Å². The van der Waals surface area contributed by atoms with Crippen molar-refractivity contribution in [2.45, 2.75) is 223 Å². The molecule has 0 aromatic rings. The van der Waals surface area contributed by atoms with E-state index < -0.39 is 159 Å². The molecule has 21 nitrogen and oxygen atoms in total. The predicted octanol–water partition coefficient (Wildman–Crippen LogP) is -0.581. The summed E-state index contributed by atoms with van der Waals surface area (Å²) in [6.07, 6.45) is -20.5. The Morgan fingerprint density at radius 1 is 0.611 bits per heavy atom. The SMILES string of the molecule is CC1(C)CC[C@]2(C(=O)O)[C@H](O)C[C@]3(C)C(=CCC4[C@@]5(C)CC[C@H](O[C@@H]6OC[C@H](O)[C@H](O)[C@H]6O[C@@H]6OC[C@H](O)[C@H](O)[C@H]6O[C@@H]6OC[C@H](O)[C@H](O[C@@H]7O[C@H](CO)[C@@H](O)[C@H](O)[C@H]7O)[C@H]6O)C(C)(C)C5CC[C@]43C)[C@@H]2C1. The van der Waals surface area contributed by atoms with Gasteiger partial charge in [0.2, 0.25) is 0 Å². The summed E-state index contributed by atoms with van der Waals surface area (Å²) in [4.78, 5) is 13.2. The normalized spacial score (nSPS) is 54.3. The van der Waals surface area contributed by atoms with Crippen LogP contribution in [0.3, 0.4) is 0 Å². The Balaban J connectivity index is 0.915. The van der Waals surface area contributed by atoms with Crippen molar-refractivity contribution in [1.82, 2.24) is 0 Å². The number of aliphatic carboxylic acids is 1. The number of fused-ring (bicyclic) bond motifs is 7. The van der Waals surface area contributed by atoms with Gasteiger partial charge in [0.1, 0.15) is 84.8 Å². The molecule has 12 N–H and O–H groups in total. The number of allylic oxidation sites excluding steroid dienone is 2. The van der Waals surface area contributed by atoms with Gasteiger partial charge in [-0.05, 0) is 103 Å². The Morgan fingerprint density at radius 3 is 1.82 bits per heavy atom. The molecular weight excluding hydrogens is 949 g/mol. The molecule has 0 aromatic carbocycles. The maximum atomic E-state index is 13.2. The van der Waals surface area contributed by atoms with Crippen LogP contribution in [0.4, 0.5) is 0 Å². The number of aliphatic hydroxyl groups is 11. The third kappa shape index (κ3) is 8.77. The van der Waals surface area contributed by atoms with Crippen LogP contribution in [0.5, 0.6) is 0 Å². The van der Waals surface area contributed by atoms with E-state index in [0.717, 1.165) is 32.1 Å². The second kappa shape index (κ2) is 19.7. The Bertz CT molecular complexity index is 1990. The van der Waals surface area contributed by atoms with Gasteiger partial charge in [0, 0.05) is 0 Å². The van der Waals surface area contributed by atoms with Crippen molar-refractivity contribution in [2.75, 3.05) is 26.4 Å². The first kappa shape index (κ1) is 55.2. The molecule has 4 aliphatic heterocycles. The van der Waals surface area contributed by atoms with Gasteiger partial charge in [-0.2, -0.15) is 0 Å². The molecule has 2 unspecified atom stereocenters. The lowest BCUT2D eigenvalue weighted by molar-refractivity contribution is -0.385. The number of carboxylic acid groups (broad SMARTS) is 1. The van der Waals surface area contributed by atoms with Crippen molar-refractivity contribution in [3.05, 3.63) is 11.6 Å². The lowest BCUT2D eigenvalue weighted by Gasteiger charge is -2.71. The molecule has 5 aliphatic carbocycles. The van der Waals surface area contributed by atoms with Crippen molar-refractivity contribution in [1.29, 1.82) is 0 Å². The van der Waals surface area contributed by atoms with Crippen LogP contribution in [-0.4, -0.2) is 210 Å². The summed E-state index contributed by atoms with van der Waals surface area (Å²) < 4.78 is 47.9. The number of carbonyl (C=O) groups is 1.